The van der Waals surface area contributed by atoms with Gasteiger partial charge in [0.1, 0.15) is 12.4 Å². The highest BCUT2D eigenvalue weighted by Gasteiger charge is 2.09. The van der Waals surface area contributed by atoms with Crippen LogP contribution in [0.25, 0.3) is 0 Å². The molecule has 0 atom stereocenters. The lowest BCUT2D eigenvalue weighted by molar-refractivity contribution is 0.265. The van der Waals surface area contributed by atoms with E-state index in [-0.39, 0.29) is 12.4 Å². The van der Waals surface area contributed by atoms with Gasteiger partial charge >= 0.3 is 0 Å². The van der Waals surface area contributed by atoms with Crippen LogP contribution in [-0.2, 0) is 13.2 Å². The second kappa shape index (κ2) is 9.28. The summed E-state index contributed by atoms with van der Waals surface area (Å²) in [5.41, 5.74) is 2.40. The number of benzene rings is 3. The van der Waals surface area contributed by atoms with Crippen molar-refractivity contribution in [2.24, 2.45) is 0 Å². The van der Waals surface area contributed by atoms with E-state index in [1.54, 1.807) is 18.2 Å². The molecule has 0 unspecified atom stereocenters. The zero-order valence-corrected chi connectivity index (χ0v) is 15.8. The van der Waals surface area contributed by atoms with Crippen LogP contribution in [0.1, 0.15) is 18.1 Å². The second-order valence-corrected chi connectivity index (χ2v) is 6.33. The van der Waals surface area contributed by atoms with Gasteiger partial charge in [0.05, 0.1) is 17.3 Å². The molecule has 3 aromatic rings. The van der Waals surface area contributed by atoms with Gasteiger partial charge < -0.3 is 14.8 Å². The van der Waals surface area contributed by atoms with Crippen molar-refractivity contribution >= 4 is 17.3 Å². The number of rotatable bonds is 8. The summed E-state index contributed by atoms with van der Waals surface area (Å²) in [5.74, 6) is 0.935. The Morgan fingerprint density at radius 3 is 2.48 bits per heavy atom. The number of ether oxygens (including phenoxy) is 2. The maximum Gasteiger partial charge on any atom is 0.161 e. The molecule has 0 aromatic heterocycles. The molecule has 0 aliphatic rings. The minimum atomic E-state index is -0.281. The molecule has 0 saturated carbocycles. The summed E-state index contributed by atoms with van der Waals surface area (Å²) in [6, 6.07) is 19.9. The Kier molecular flexibility index (Phi) is 6.55. The highest BCUT2D eigenvalue weighted by molar-refractivity contribution is 6.33. The Morgan fingerprint density at radius 2 is 1.70 bits per heavy atom. The quantitative estimate of drug-likeness (QED) is 0.510. The fourth-order valence-electron chi connectivity index (χ4n) is 2.62. The van der Waals surface area contributed by atoms with Crippen molar-refractivity contribution in [3.63, 3.8) is 0 Å². The van der Waals surface area contributed by atoms with Gasteiger partial charge in [-0.15, -0.1) is 0 Å². The van der Waals surface area contributed by atoms with Crippen LogP contribution in [-0.4, -0.2) is 6.61 Å². The van der Waals surface area contributed by atoms with E-state index in [0.717, 1.165) is 11.3 Å². The van der Waals surface area contributed by atoms with Crippen molar-refractivity contribution < 1.29 is 13.9 Å². The molecule has 3 aromatic carbocycles. The molecule has 0 fully saturated rings. The number of hydrogen-bond donors (Lipinski definition) is 1. The average Bonchev–Trinajstić information content (AvgIpc) is 2.68. The topological polar surface area (TPSA) is 30.5 Å². The molecule has 0 amide bonds. The van der Waals surface area contributed by atoms with Crippen molar-refractivity contribution in [3.8, 4) is 11.5 Å². The summed E-state index contributed by atoms with van der Waals surface area (Å²) in [5, 5.41) is 3.98. The van der Waals surface area contributed by atoms with E-state index < -0.39 is 0 Å². The van der Waals surface area contributed by atoms with Gasteiger partial charge in [0.2, 0.25) is 0 Å². The van der Waals surface area contributed by atoms with Crippen LogP contribution in [0.2, 0.25) is 5.02 Å². The number of nitrogens with one attached hydrogen (secondary N) is 1. The number of halogens is 2. The van der Waals surface area contributed by atoms with Gasteiger partial charge in [-0.1, -0.05) is 48.0 Å². The molecule has 0 saturated heterocycles. The molecule has 3 rings (SSSR count). The molecule has 0 heterocycles. The van der Waals surface area contributed by atoms with Gasteiger partial charge in [-0.3, -0.25) is 0 Å². The molecule has 0 spiro atoms. The predicted molar refractivity (Wildman–Crippen MR) is 107 cm³/mol. The van der Waals surface area contributed by atoms with E-state index in [2.05, 4.69) is 5.32 Å². The highest BCUT2D eigenvalue weighted by atomic mass is 35.5. The summed E-state index contributed by atoms with van der Waals surface area (Å²) in [7, 11) is 0. The monoisotopic (exact) mass is 385 g/mol. The van der Waals surface area contributed by atoms with Crippen molar-refractivity contribution in [1.82, 2.24) is 0 Å². The van der Waals surface area contributed by atoms with Gasteiger partial charge in [0, 0.05) is 12.1 Å². The van der Waals surface area contributed by atoms with Gasteiger partial charge in [-0.2, -0.15) is 0 Å². The molecule has 0 aliphatic heterocycles. The lowest BCUT2D eigenvalue weighted by Gasteiger charge is -2.14. The van der Waals surface area contributed by atoms with Gasteiger partial charge in [0.25, 0.3) is 0 Å². The third-order valence-corrected chi connectivity index (χ3v) is 4.34. The number of anilines is 1. The van der Waals surface area contributed by atoms with E-state index in [1.807, 2.05) is 49.4 Å². The van der Waals surface area contributed by atoms with Gasteiger partial charge in [-0.25, -0.2) is 4.39 Å². The summed E-state index contributed by atoms with van der Waals surface area (Å²) in [6.07, 6.45) is 0. The summed E-state index contributed by atoms with van der Waals surface area (Å²) < 4.78 is 25.3. The maximum atomic E-state index is 13.8. The van der Waals surface area contributed by atoms with Crippen molar-refractivity contribution in [1.29, 1.82) is 0 Å². The zero-order valence-electron chi connectivity index (χ0n) is 15.0. The first-order valence-electron chi connectivity index (χ1n) is 8.77. The third-order valence-electron chi connectivity index (χ3n) is 4.01. The Morgan fingerprint density at radius 1 is 0.926 bits per heavy atom. The van der Waals surface area contributed by atoms with Crippen LogP contribution in [0.3, 0.4) is 0 Å². The maximum absolute atomic E-state index is 13.8. The Bertz CT molecular complexity index is 901. The standard InChI is InChI=1S/C22H21ClFNO2/c1-2-26-22-13-16(14-25-20-10-6-4-8-18(20)23)11-12-21(22)27-15-17-7-3-5-9-19(17)24/h3-13,25H,2,14-15H2,1H3. The third kappa shape index (κ3) is 5.14. The molecular weight excluding hydrogens is 365 g/mol. The van der Waals surface area contributed by atoms with Gasteiger partial charge in [0.15, 0.2) is 11.5 Å². The van der Waals surface area contributed by atoms with E-state index in [0.29, 0.717) is 35.2 Å². The van der Waals surface area contributed by atoms with Crippen LogP contribution >= 0.6 is 11.6 Å². The van der Waals surface area contributed by atoms with Crippen LogP contribution < -0.4 is 14.8 Å². The van der Waals surface area contributed by atoms with Crippen molar-refractivity contribution in [2.75, 3.05) is 11.9 Å². The Labute approximate surface area is 163 Å². The number of hydrogen-bond acceptors (Lipinski definition) is 3. The minimum absolute atomic E-state index is 0.143. The lowest BCUT2D eigenvalue weighted by atomic mass is 10.2. The molecule has 140 valence electrons. The molecule has 0 aliphatic carbocycles. The summed E-state index contributed by atoms with van der Waals surface area (Å²) >= 11 is 6.17. The van der Waals surface area contributed by atoms with Crippen molar-refractivity contribution in [3.05, 3.63) is 88.7 Å². The normalized spacial score (nSPS) is 10.5. The molecule has 27 heavy (non-hydrogen) atoms. The largest absolute Gasteiger partial charge is 0.490 e. The molecule has 5 heteroatoms. The van der Waals surface area contributed by atoms with Crippen molar-refractivity contribution in [2.45, 2.75) is 20.1 Å². The Balaban J connectivity index is 1.70. The van der Waals surface area contributed by atoms with E-state index >= 15 is 0 Å². The minimum Gasteiger partial charge on any atom is -0.490 e. The summed E-state index contributed by atoms with van der Waals surface area (Å²) in [6.45, 7) is 3.16. The predicted octanol–water partition coefficient (Wildman–Crippen LogP) is 6.07. The SMILES string of the molecule is CCOc1cc(CNc2ccccc2Cl)ccc1OCc1ccccc1F. The first-order valence-corrected chi connectivity index (χ1v) is 9.15. The smallest absolute Gasteiger partial charge is 0.161 e. The van der Waals surface area contributed by atoms with Crippen LogP contribution in [0.15, 0.2) is 66.7 Å². The molecule has 3 nitrogen and oxygen atoms in total. The Hall–Kier alpha value is -2.72. The van der Waals surface area contributed by atoms with Crippen LogP contribution in [0.4, 0.5) is 10.1 Å². The molecule has 0 bridgehead atoms. The van der Waals surface area contributed by atoms with Gasteiger partial charge in [-0.05, 0) is 42.8 Å². The number of para-hydroxylation sites is 1. The first kappa shape index (κ1) is 19.1. The fraction of sp³-hybridized carbons (Fsp3) is 0.182. The van der Waals surface area contributed by atoms with E-state index in [9.17, 15) is 4.39 Å². The van der Waals surface area contributed by atoms with E-state index in [4.69, 9.17) is 21.1 Å². The molecule has 1 N–H and O–H groups in total. The molecule has 0 radical (unpaired) electrons. The van der Waals surface area contributed by atoms with Crippen LogP contribution in [0, 0.1) is 5.82 Å². The first-order chi connectivity index (χ1) is 13.2. The van der Waals surface area contributed by atoms with E-state index in [1.165, 1.54) is 6.07 Å². The fourth-order valence-corrected chi connectivity index (χ4v) is 2.83. The zero-order chi connectivity index (χ0) is 19.1. The second-order valence-electron chi connectivity index (χ2n) is 5.93. The summed E-state index contributed by atoms with van der Waals surface area (Å²) in [4.78, 5) is 0. The lowest BCUT2D eigenvalue weighted by Crippen LogP contribution is -2.04. The average molecular weight is 386 g/mol. The molecular formula is C22H21ClFNO2. The highest BCUT2D eigenvalue weighted by Crippen LogP contribution is 2.30. The van der Waals surface area contributed by atoms with Crippen LogP contribution in [0.5, 0.6) is 11.5 Å².